The lowest BCUT2D eigenvalue weighted by Crippen LogP contribution is -1.97. The Morgan fingerprint density at radius 2 is 1.92 bits per heavy atom. The summed E-state index contributed by atoms with van der Waals surface area (Å²) in [5, 5.41) is 0. The Morgan fingerprint density at radius 1 is 1.23 bits per heavy atom. The minimum Gasteiger partial charge on any atom is -0.494 e. The van der Waals surface area contributed by atoms with Crippen molar-refractivity contribution in [1.82, 2.24) is 0 Å². The number of ether oxygens (including phenoxy) is 2. The van der Waals surface area contributed by atoms with Crippen molar-refractivity contribution in [2.45, 2.75) is 6.67 Å². The minimum atomic E-state index is -0.760. The zero-order chi connectivity index (χ0) is 9.84. The molecule has 0 heterocycles. The van der Waals surface area contributed by atoms with Crippen LogP contribution in [-0.4, -0.2) is 14.2 Å². The van der Waals surface area contributed by atoms with E-state index < -0.39 is 12.5 Å². The van der Waals surface area contributed by atoms with Crippen molar-refractivity contribution >= 4 is 0 Å². The lowest BCUT2D eigenvalue weighted by atomic mass is 10.2. The summed E-state index contributed by atoms with van der Waals surface area (Å²) >= 11 is 0. The highest BCUT2D eigenvalue weighted by molar-refractivity contribution is 5.42. The van der Waals surface area contributed by atoms with Crippen molar-refractivity contribution in [3.05, 3.63) is 23.5 Å². The van der Waals surface area contributed by atoms with Crippen LogP contribution in [0.3, 0.4) is 0 Å². The van der Waals surface area contributed by atoms with Crippen LogP contribution in [0.4, 0.5) is 8.78 Å². The molecular formula is C9H10F2O2. The van der Waals surface area contributed by atoms with E-state index in [1.165, 1.54) is 26.4 Å². The first-order valence-electron chi connectivity index (χ1n) is 3.70. The normalized spacial score (nSPS) is 9.85. The molecule has 0 N–H and O–H groups in total. The van der Waals surface area contributed by atoms with E-state index >= 15 is 0 Å². The van der Waals surface area contributed by atoms with Gasteiger partial charge in [-0.05, 0) is 12.1 Å². The van der Waals surface area contributed by atoms with E-state index in [2.05, 4.69) is 0 Å². The highest BCUT2D eigenvalue weighted by Crippen LogP contribution is 2.30. The molecule has 0 aliphatic rings. The molecule has 2 nitrogen and oxygen atoms in total. The number of halogens is 2. The number of alkyl halides is 1. The first-order chi connectivity index (χ1) is 6.24. The highest BCUT2D eigenvalue weighted by Gasteiger charge is 2.13. The van der Waals surface area contributed by atoms with E-state index in [0.717, 1.165) is 0 Å². The van der Waals surface area contributed by atoms with Gasteiger partial charge in [0.05, 0.1) is 14.2 Å². The van der Waals surface area contributed by atoms with E-state index in [1.54, 1.807) is 0 Å². The molecule has 1 aromatic rings. The standard InChI is InChI=1S/C9H10F2O2/c1-12-7-4-3-6(5-10)9(13-2)8(7)11/h3-4H,5H2,1-2H3. The fourth-order valence-corrected chi connectivity index (χ4v) is 1.06. The van der Waals surface area contributed by atoms with Crippen LogP contribution >= 0.6 is 0 Å². The summed E-state index contributed by atoms with van der Waals surface area (Å²) in [5.41, 5.74) is 0.181. The van der Waals surface area contributed by atoms with Crippen LogP contribution in [0.2, 0.25) is 0 Å². The SMILES string of the molecule is COc1ccc(CF)c(OC)c1F. The Labute approximate surface area is 75.1 Å². The second-order valence-electron chi connectivity index (χ2n) is 2.41. The van der Waals surface area contributed by atoms with Gasteiger partial charge in [-0.15, -0.1) is 0 Å². The summed E-state index contributed by atoms with van der Waals surface area (Å²) in [6, 6.07) is 2.80. The maximum Gasteiger partial charge on any atom is 0.207 e. The molecule has 0 aromatic heterocycles. The maximum atomic E-state index is 13.3. The lowest BCUT2D eigenvalue weighted by Gasteiger charge is -2.09. The van der Waals surface area contributed by atoms with Gasteiger partial charge < -0.3 is 9.47 Å². The molecule has 0 aliphatic carbocycles. The van der Waals surface area contributed by atoms with Crippen LogP contribution in [0.25, 0.3) is 0 Å². The molecule has 1 rings (SSSR count). The monoisotopic (exact) mass is 188 g/mol. The first-order valence-corrected chi connectivity index (χ1v) is 3.70. The van der Waals surface area contributed by atoms with Crippen molar-refractivity contribution in [3.8, 4) is 11.5 Å². The minimum absolute atomic E-state index is 0.0500. The Balaban J connectivity index is 3.23. The van der Waals surface area contributed by atoms with E-state index in [1.807, 2.05) is 0 Å². The van der Waals surface area contributed by atoms with Crippen LogP contribution in [0.15, 0.2) is 12.1 Å². The topological polar surface area (TPSA) is 18.5 Å². The molecule has 0 aliphatic heterocycles. The summed E-state index contributed by atoms with van der Waals surface area (Å²) in [6.45, 7) is -0.760. The van der Waals surface area contributed by atoms with Gasteiger partial charge in [-0.2, -0.15) is 4.39 Å². The zero-order valence-corrected chi connectivity index (χ0v) is 7.43. The van der Waals surface area contributed by atoms with Gasteiger partial charge in [0.25, 0.3) is 0 Å². The largest absolute Gasteiger partial charge is 0.494 e. The fourth-order valence-electron chi connectivity index (χ4n) is 1.06. The second kappa shape index (κ2) is 4.07. The summed E-state index contributed by atoms with van der Waals surface area (Å²) < 4.78 is 35.0. The third-order valence-electron chi connectivity index (χ3n) is 1.71. The third-order valence-corrected chi connectivity index (χ3v) is 1.71. The predicted octanol–water partition coefficient (Wildman–Crippen LogP) is 2.31. The van der Waals surface area contributed by atoms with Gasteiger partial charge in [-0.1, -0.05) is 0 Å². The van der Waals surface area contributed by atoms with Gasteiger partial charge in [0.2, 0.25) is 5.82 Å². The van der Waals surface area contributed by atoms with Gasteiger partial charge >= 0.3 is 0 Å². The third kappa shape index (κ3) is 1.71. The van der Waals surface area contributed by atoms with Crippen molar-refractivity contribution in [2.75, 3.05) is 14.2 Å². The first kappa shape index (κ1) is 9.77. The number of benzene rings is 1. The highest BCUT2D eigenvalue weighted by atomic mass is 19.1. The molecule has 1 aromatic carbocycles. The zero-order valence-electron chi connectivity index (χ0n) is 7.43. The van der Waals surface area contributed by atoms with E-state index in [0.29, 0.717) is 0 Å². The van der Waals surface area contributed by atoms with E-state index in [4.69, 9.17) is 9.47 Å². The Kier molecular flexibility index (Phi) is 3.06. The second-order valence-corrected chi connectivity index (χ2v) is 2.41. The molecule has 0 spiro atoms. The molecule has 0 saturated heterocycles. The summed E-state index contributed by atoms with van der Waals surface area (Å²) in [7, 11) is 2.63. The van der Waals surface area contributed by atoms with E-state index in [9.17, 15) is 8.78 Å². The lowest BCUT2D eigenvalue weighted by molar-refractivity contribution is 0.341. The van der Waals surface area contributed by atoms with Crippen LogP contribution < -0.4 is 9.47 Å². The molecule has 0 radical (unpaired) electrons. The summed E-state index contributed by atoms with van der Waals surface area (Å²) in [6.07, 6.45) is 0. The molecule has 0 unspecified atom stereocenters. The number of hydrogen-bond donors (Lipinski definition) is 0. The quantitative estimate of drug-likeness (QED) is 0.724. The number of rotatable bonds is 3. The molecule has 0 amide bonds. The molecular weight excluding hydrogens is 178 g/mol. The molecule has 0 atom stereocenters. The molecule has 4 heteroatoms. The Morgan fingerprint density at radius 3 is 2.38 bits per heavy atom. The van der Waals surface area contributed by atoms with Gasteiger partial charge in [0, 0.05) is 5.56 Å². The number of hydrogen-bond acceptors (Lipinski definition) is 2. The van der Waals surface area contributed by atoms with Crippen LogP contribution in [0.1, 0.15) is 5.56 Å². The smallest absolute Gasteiger partial charge is 0.207 e. The predicted molar refractivity (Wildman–Crippen MR) is 44.3 cm³/mol. The van der Waals surface area contributed by atoms with Crippen molar-refractivity contribution in [1.29, 1.82) is 0 Å². The Bertz CT molecular complexity index is 300. The molecule has 13 heavy (non-hydrogen) atoms. The van der Waals surface area contributed by atoms with Gasteiger partial charge in [-0.3, -0.25) is 0 Å². The van der Waals surface area contributed by atoms with Crippen molar-refractivity contribution in [3.63, 3.8) is 0 Å². The average molecular weight is 188 g/mol. The molecule has 72 valence electrons. The molecule has 0 saturated carbocycles. The van der Waals surface area contributed by atoms with Crippen LogP contribution in [-0.2, 0) is 6.67 Å². The molecule has 0 fully saturated rings. The number of methoxy groups -OCH3 is 2. The van der Waals surface area contributed by atoms with Gasteiger partial charge in [0.15, 0.2) is 11.5 Å². The fraction of sp³-hybridized carbons (Fsp3) is 0.333. The summed E-state index contributed by atoms with van der Waals surface area (Å²) in [5.74, 6) is -0.712. The van der Waals surface area contributed by atoms with Gasteiger partial charge in [0.1, 0.15) is 6.67 Å². The van der Waals surface area contributed by atoms with E-state index in [-0.39, 0.29) is 17.1 Å². The summed E-state index contributed by atoms with van der Waals surface area (Å²) in [4.78, 5) is 0. The van der Waals surface area contributed by atoms with Crippen LogP contribution in [0.5, 0.6) is 11.5 Å². The molecule has 0 bridgehead atoms. The van der Waals surface area contributed by atoms with Crippen LogP contribution in [0, 0.1) is 5.82 Å². The Hall–Kier alpha value is -1.32. The van der Waals surface area contributed by atoms with Crippen molar-refractivity contribution < 1.29 is 18.3 Å². The average Bonchev–Trinajstić information content (AvgIpc) is 2.17. The van der Waals surface area contributed by atoms with Gasteiger partial charge in [-0.25, -0.2) is 4.39 Å². The maximum absolute atomic E-state index is 13.3. The van der Waals surface area contributed by atoms with Crippen molar-refractivity contribution in [2.24, 2.45) is 0 Å².